The van der Waals surface area contributed by atoms with E-state index in [1.807, 2.05) is 0 Å². The molecule has 156 valence electrons. The smallest absolute Gasteiger partial charge is 0.222 e. The van der Waals surface area contributed by atoms with E-state index in [1.54, 1.807) is 0 Å². The molecule has 0 spiro atoms. The molecule has 2 heterocycles. The summed E-state index contributed by atoms with van der Waals surface area (Å²) in [7, 11) is 2.06. The van der Waals surface area contributed by atoms with Crippen molar-refractivity contribution < 1.29 is 9.53 Å². The maximum atomic E-state index is 12.3. The van der Waals surface area contributed by atoms with Gasteiger partial charge in [0.15, 0.2) is 5.90 Å². The summed E-state index contributed by atoms with van der Waals surface area (Å²) < 4.78 is 6.14. The second kappa shape index (κ2) is 5.98. The quantitative estimate of drug-likeness (QED) is 0.657. The van der Waals surface area contributed by atoms with Crippen LogP contribution >= 0.6 is 0 Å². The Morgan fingerprint density at radius 3 is 2.43 bits per heavy atom. The number of ether oxygens (including phenoxy) is 1. The zero-order chi connectivity index (χ0) is 19.9. The van der Waals surface area contributed by atoms with Gasteiger partial charge in [-0.05, 0) is 87.4 Å². The molecular weight excluding hydrogens is 348 g/mol. The third kappa shape index (κ3) is 2.48. The molecular formula is C24H38N2O2. The number of rotatable bonds is 1. The molecule has 2 aliphatic heterocycles. The van der Waals surface area contributed by atoms with E-state index < -0.39 is 0 Å². The van der Waals surface area contributed by atoms with Gasteiger partial charge in [0, 0.05) is 25.4 Å². The van der Waals surface area contributed by atoms with Crippen molar-refractivity contribution in [2.75, 3.05) is 13.7 Å². The van der Waals surface area contributed by atoms with Crippen molar-refractivity contribution in [3.63, 3.8) is 0 Å². The van der Waals surface area contributed by atoms with Crippen LogP contribution in [0.2, 0.25) is 0 Å². The van der Waals surface area contributed by atoms with Crippen LogP contribution in [0.25, 0.3) is 0 Å². The predicted octanol–water partition coefficient (Wildman–Crippen LogP) is 4.67. The summed E-state index contributed by atoms with van der Waals surface area (Å²) in [6.45, 7) is 10.2. The van der Waals surface area contributed by atoms with Crippen LogP contribution in [-0.4, -0.2) is 41.9 Å². The molecule has 0 aromatic carbocycles. The molecule has 5 rings (SSSR count). The number of hydrogen-bond donors (Lipinski definition) is 0. The lowest BCUT2D eigenvalue weighted by Gasteiger charge is -2.61. The second-order valence-corrected chi connectivity index (χ2v) is 11.7. The highest BCUT2D eigenvalue weighted by Gasteiger charge is 2.62. The number of carbonyl (C=O) groups is 1. The van der Waals surface area contributed by atoms with Crippen LogP contribution in [0.5, 0.6) is 0 Å². The molecule has 0 unspecified atom stereocenters. The molecule has 0 radical (unpaired) electrons. The van der Waals surface area contributed by atoms with E-state index in [0.29, 0.717) is 28.7 Å². The number of fused-ring (bicyclic) bond motifs is 5. The molecule has 0 N–H and O–H groups in total. The highest BCUT2D eigenvalue weighted by molar-refractivity contribution is 5.82. The van der Waals surface area contributed by atoms with Crippen molar-refractivity contribution in [3.05, 3.63) is 0 Å². The first-order chi connectivity index (χ1) is 13.2. The second-order valence-electron chi connectivity index (χ2n) is 11.7. The van der Waals surface area contributed by atoms with E-state index >= 15 is 0 Å². The van der Waals surface area contributed by atoms with Crippen molar-refractivity contribution >= 4 is 11.8 Å². The minimum atomic E-state index is -0.0499. The maximum Gasteiger partial charge on any atom is 0.222 e. The SMILES string of the molecule is CN1C(=O)CC[C@]2(C)[C@H]3CC[C@]4(C)[C@@H](C5=NC(C)(C)CO5)CC[C@H]4[C@@H]3CC[C@@H]12. The minimum Gasteiger partial charge on any atom is -0.478 e. The lowest BCUT2D eigenvalue weighted by atomic mass is 9.47. The van der Waals surface area contributed by atoms with Crippen molar-refractivity contribution in [2.45, 2.75) is 90.6 Å². The number of piperidine rings is 1. The molecule has 28 heavy (non-hydrogen) atoms. The highest BCUT2D eigenvalue weighted by atomic mass is 16.5. The third-order valence-electron chi connectivity index (χ3n) is 9.84. The predicted molar refractivity (Wildman–Crippen MR) is 111 cm³/mol. The average Bonchev–Trinajstić information content (AvgIpc) is 3.17. The van der Waals surface area contributed by atoms with Crippen molar-refractivity contribution in [1.82, 2.24) is 4.90 Å². The summed E-state index contributed by atoms with van der Waals surface area (Å²) >= 11 is 0. The fourth-order valence-corrected chi connectivity index (χ4v) is 8.35. The summed E-state index contributed by atoms with van der Waals surface area (Å²) in [6.07, 6.45) is 9.54. The van der Waals surface area contributed by atoms with Crippen LogP contribution in [0.3, 0.4) is 0 Å². The Hall–Kier alpha value is -1.06. The Bertz CT molecular complexity index is 715. The zero-order valence-corrected chi connectivity index (χ0v) is 18.5. The van der Waals surface area contributed by atoms with Crippen molar-refractivity contribution in [1.29, 1.82) is 0 Å². The van der Waals surface area contributed by atoms with Gasteiger partial charge in [0.1, 0.15) is 6.61 Å². The molecule has 3 saturated carbocycles. The first-order valence-corrected chi connectivity index (χ1v) is 11.6. The lowest BCUT2D eigenvalue weighted by molar-refractivity contribution is -0.157. The van der Waals surface area contributed by atoms with Gasteiger partial charge in [0.05, 0.1) is 5.54 Å². The number of aliphatic imine (C=N–C) groups is 1. The standard InChI is InChI=1S/C24H38N2O2/c1-22(2)14-28-21(25-22)18-8-7-16-15-6-9-19-24(4,13-11-20(27)26(19)5)17(15)10-12-23(16,18)3/h15-19H,6-14H2,1-5H3/t15-,16-,17-,18+,19+,23-,24+/m0/s1. The van der Waals surface area contributed by atoms with E-state index in [1.165, 1.54) is 38.5 Å². The van der Waals surface area contributed by atoms with E-state index in [-0.39, 0.29) is 5.54 Å². The summed E-state index contributed by atoms with van der Waals surface area (Å²) in [5, 5.41) is 0. The fraction of sp³-hybridized carbons (Fsp3) is 0.917. The Labute approximate surface area is 170 Å². The topological polar surface area (TPSA) is 41.9 Å². The molecule has 5 aliphatic rings. The number of carbonyl (C=O) groups excluding carboxylic acids is 1. The molecule has 1 saturated heterocycles. The van der Waals surface area contributed by atoms with Gasteiger partial charge < -0.3 is 9.64 Å². The van der Waals surface area contributed by atoms with Crippen LogP contribution < -0.4 is 0 Å². The summed E-state index contributed by atoms with van der Waals surface area (Å²) in [5.74, 6) is 4.34. The first-order valence-electron chi connectivity index (χ1n) is 11.6. The molecule has 0 aromatic rings. The largest absolute Gasteiger partial charge is 0.478 e. The molecule has 7 atom stereocenters. The molecule has 1 amide bonds. The van der Waals surface area contributed by atoms with Crippen molar-refractivity contribution in [3.8, 4) is 0 Å². The number of hydrogen-bond acceptors (Lipinski definition) is 3. The van der Waals surface area contributed by atoms with E-state index in [9.17, 15) is 4.79 Å². The van der Waals surface area contributed by atoms with E-state index in [2.05, 4.69) is 39.6 Å². The highest BCUT2D eigenvalue weighted by Crippen LogP contribution is 2.66. The summed E-state index contributed by atoms with van der Waals surface area (Å²) in [4.78, 5) is 19.4. The average molecular weight is 387 g/mol. The number of amides is 1. The van der Waals surface area contributed by atoms with Crippen LogP contribution in [0.1, 0.15) is 79.1 Å². The van der Waals surface area contributed by atoms with Crippen molar-refractivity contribution in [2.24, 2.45) is 39.5 Å². The third-order valence-corrected chi connectivity index (χ3v) is 9.84. The Morgan fingerprint density at radius 2 is 1.71 bits per heavy atom. The molecule has 3 aliphatic carbocycles. The lowest BCUT2D eigenvalue weighted by Crippen LogP contribution is -2.61. The Morgan fingerprint density at radius 1 is 0.964 bits per heavy atom. The van der Waals surface area contributed by atoms with Gasteiger partial charge in [-0.25, -0.2) is 4.99 Å². The van der Waals surface area contributed by atoms with Crippen LogP contribution in [0.15, 0.2) is 4.99 Å². The normalized spacial score (nSPS) is 49.8. The molecule has 0 bridgehead atoms. The summed E-state index contributed by atoms with van der Waals surface area (Å²) in [5.41, 5.74) is 0.611. The van der Waals surface area contributed by atoms with Crippen LogP contribution in [0, 0.1) is 34.5 Å². The first kappa shape index (κ1) is 18.9. The van der Waals surface area contributed by atoms with Gasteiger partial charge in [-0.1, -0.05) is 13.8 Å². The molecule has 4 heteroatoms. The van der Waals surface area contributed by atoms with Crippen LogP contribution in [0.4, 0.5) is 0 Å². The maximum absolute atomic E-state index is 12.3. The number of likely N-dealkylation sites (tertiary alicyclic amines) is 1. The van der Waals surface area contributed by atoms with Gasteiger partial charge in [-0.15, -0.1) is 0 Å². The monoisotopic (exact) mass is 386 g/mol. The van der Waals surface area contributed by atoms with E-state index in [4.69, 9.17) is 9.73 Å². The van der Waals surface area contributed by atoms with Gasteiger partial charge in [-0.3, -0.25) is 4.79 Å². The van der Waals surface area contributed by atoms with Gasteiger partial charge in [-0.2, -0.15) is 0 Å². The Balaban J connectivity index is 1.42. The van der Waals surface area contributed by atoms with Gasteiger partial charge in [0.2, 0.25) is 5.91 Å². The zero-order valence-electron chi connectivity index (χ0n) is 18.5. The molecule has 4 fully saturated rings. The Kier molecular flexibility index (Phi) is 4.04. The molecule has 4 nitrogen and oxygen atoms in total. The van der Waals surface area contributed by atoms with E-state index in [0.717, 1.165) is 43.1 Å². The molecule has 0 aromatic heterocycles. The van der Waals surface area contributed by atoms with Gasteiger partial charge in [0.25, 0.3) is 0 Å². The van der Waals surface area contributed by atoms with Gasteiger partial charge >= 0.3 is 0 Å². The number of nitrogens with zero attached hydrogens (tertiary/aromatic N) is 2. The van der Waals surface area contributed by atoms with Crippen LogP contribution in [-0.2, 0) is 9.53 Å². The minimum absolute atomic E-state index is 0.0499. The fourth-order valence-electron chi connectivity index (χ4n) is 8.35. The summed E-state index contributed by atoms with van der Waals surface area (Å²) in [6, 6.07) is 0.458.